The highest BCUT2D eigenvalue weighted by Gasteiger charge is 2.19. The zero-order chi connectivity index (χ0) is 21.6. The Bertz CT molecular complexity index is 1010. The number of nitrogens with zero attached hydrogens (tertiary/aromatic N) is 2. The summed E-state index contributed by atoms with van der Waals surface area (Å²) in [6, 6.07) is 15.0. The predicted molar refractivity (Wildman–Crippen MR) is 116 cm³/mol. The first kappa shape index (κ1) is 20.9. The van der Waals surface area contributed by atoms with Crippen LogP contribution < -0.4 is 10.2 Å². The van der Waals surface area contributed by atoms with Gasteiger partial charge in [-0.15, -0.1) is 0 Å². The molecule has 31 heavy (non-hydrogen) atoms. The highest BCUT2D eigenvalue weighted by atomic mass is 16.5. The largest absolute Gasteiger partial charge is 0.453 e. The third-order valence-corrected chi connectivity index (χ3v) is 5.07. The molecule has 162 valence electrons. The number of aromatic nitrogens is 1. The van der Waals surface area contributed by atoms with Gasteiger partial charge in [0.1, 0.15) is 5.52 Å². The fraction of sp³-hybridized carbons (Fsp3) is 0.348. The number of morpholine rings is 1. The van der Waals surface area contributed by atoms with Gasteiger partial charge in [-0.05, 0) is 43.3 Å². The maximum Gasteiger partial charge on any atom is 0.307 e. The van der Waals surface area contributed by atoms with E-state index < -0.39 is 12.1 Å². The highest BCUT2D eigenvalue weighted by molar-refractivity contribution is 5.95. The summed E-state index contributed by atoms with van der Waals surface area (Å²) < 4.78 is 16.2. The lowest BCUT2D eigenvalue weighted by atomic mass is 10.2. The van der Waals surface area contributed by atoms with Crippen molar-refractivity contribution in [2.75, 3.05) is 36.5 Å². The van der Waals surface area contributed by atoms with E-state index in [1.54, 1.807) is 6.92 Å². The first-order chi connectivity index (χ1) is 15.1. The second kappa shape index (κ2) is 9.61. The van der Waals surface area contributed by atoms with Gasteiger partial charge in [0.2, 0.25) is 0 Å². The maximum absolute atomic E-state index is 12.4. The number of aryl methyl sites for hydroxylation is 1. The van der Waals surface area contributed by atoms with Crippen molar-refractivity contribution in [2.45, 2.75) is 25.9 Å². The van der Waals surface area contributed by atoms with E-state index in [0.29, 0.717) is 36.8 Å². The van der Waals surface area contributed by atoms with Crippen LogP contribution in [0.1, 0.15) is 19.2 Å². The molecule has 8 nitrogen and oxygen atoms in total. The molecule has 1 saturated heterocycles. The molecule has 0 bridgehead atoms. The van der Waals surface area contributed by atoms with E-state index in [4.69, 9.17) is 13.9 Å². The molecule has 1 atom stereocenters. The lowest BCUT2D eigenvalue weighted by molar-refractivity contribution is -0.153. The van der Waals surface area contributed by atoms with Crippen LogP contribution in [-0.4, -0.2) is 49.3 Å². The molecule has 0 spiro atoms. The third-order valence-electron chi connectivity index (χ3n) is 5.07. The molecule has 0 unspecified atom stereocenters. The van der Waals surface area contributed by atoms with Crippen LogP contribution in [0.15, 0.2) is 52.9 Å². The van der Waals surface area contributed by atoms with Crippen molar-refractivity contribution in [2.24, 2.45) is 0 Å². The second-order valence-corrected chi connectivity index (χ2v) is 7.34. The van der Waals surface area contributed by atoms with Crippen LogP contribution in [0.4, 0.5) is 11.4 Å². The number of esters is 1. The molecule has 0 aliphatic carbocycles. The first-order valence-electron chi connectivity index (χ1n) is 10.4. The Kier molecular flexibility index (Phi) is 6.47. The van der Waals surface area contributed by atoms with Gasteiger partial charge >= 0.3 is 5.97 Å². The number of hydrogen-bond donors (Lipinski definition) is 1. The molecule has 0 saturated carbocycles. The Hall–Kier alpha value is -3.39. The van der Waals surface area contributed by atoms with Gasteiger partial charge in [-0.3, -0.25) is 9.59 Å². The molecule has 2 heterocycles. The van der Waals surface area contributed by atoms with E-state index in [9.17, 15) is 9.59 Å². The van der Waals surface area contributed by atoms with E-state index in [0.717, 1.165) is 24.3 Å². The van der Waals surface area contributed by atoms with Gasteiger partial charge in [-0.25, -0.2) is 4.98 Å². The van der Waals surface area contributed by atoms with E-state index >= 15 is 0 Å². The Morgan fingerprint density at radius 3 is 2.61 bits per heavy atom. The van der Waals surface area contributed by atoms with Crippen molar-refractivity contribution in [3.05, 3.63) is 54.4 Å². The fourth-order valence-electron chi connectivity index (χ4n) is 3.37. The summed E-state index contributed by atoms with van der Waals surface area (Å²) in [6.07, 6.45) is -0.515. The second-order valence-electron chi connectivity index (χ2n) is 7.34. The van der Waals surface area contributed by atoms with Gasteiger partial charge in [0.05, 0.1) is 19.6 Å². The van der Waals surface area contributed by atoms with Crippen molar-refractivity contribution < 1.29 is 23.5 Å². The molecule has 3 aromatic rings. The van der Waals surface area contributed by atoms with Crippen LogP contribution >= 0.6 is 0 Å². The summed E-state index contributed by atoms with van der Waals surface area (Å²) >= 11 is 0. The normalized spacial score (nSPS) is 14.9. The van der Waals surface area contributed by atoms with Gasteiger partial charge in [-0.2, -0.15) is 0 Å². The number of benzene rings is 2. The highest BCUT2D eigenvalue weighted by Crippen LogP contribution is 2.19. The Morgan fingerprint density at radius 1 is 1.13 bits per heavy atom. The SMILES string of the molecule is C[C@@H](OC(=O)CCc1nc2ccccc2o1)C(=O)Nc1ccc(N2CCOCC2)cc1. The van der Waals surface area contributed by atoms with Crippen LogP contribution in [0, 0.1) is 0 Å². The summed E-state index contributed by atoms with van der Waals surface area (Å²) in [7, 11) is 0. The van der Waals surface area contributed by atoms with Crippen molar-refractivity contribution in [1.82, 2.24) is 4.98 Å². The molecular weight excluding hydrogens is 398 g/mol. The van der Waals surface area contributed by atoms with Crippen molar-refractivity contribution >= 4 is 34.4 Å². The molecule has 2 aromatic carbocycles. The van der Waals surface area contributed by atoms with Gasteiger partial charge < -0.3 is 24.1 Å². The lowest BCUT2D eigenvalue weighted by Gasteiger charge is -2.28. The number of carbonyl (C=O) groups excluding carboxylic acids is 2. The lowest BCUT2D eigenvalue weighted by Crippen LogP contribution is -2.36. The van der Waals surface area contributed by atoms with Gasteiger partial charge in [0.15, 0.2) is 17.6 Å². The first-order valence-corrected chi connectivity index (χ1v) is 10.4. The number of anilines is 2. The standard InChI is InChI=1S/C23H25N3O5/c1-16(30-22(27)11-10-21-25-19-4-2-3-5-20(19)31-21)23(28)24-17-6-8-18(9-7-17)26-12-14-29-15-13-26/h2-9,16H,10-15H2,1H3,(H,24,28)/t16-/m1/s1. The number of hydrogen-bond acceptors (Lipinski definition) is 7. The van der Waals surface area contributed by atoms with E-state index in [1.165, 1.54) is 0 Å². The number of nitrogens with one attached hydrogen (secondary N) is 1. The number of para-hydroxylation sites is 2. The zero-order valence-electron chi connectivity index (χ0n) is 17.4. The molecular formula is C23H25N3O5. The average Bonchev–Trinajstić information content (AvgIpc) is 3.22. The number of ether oxygens (including phenoxy) is 2. The average molecular weight is 423 g/mol. The van der Waals surface area contributed by atoms with Crippen LogP contribution in [0.3, 0.4) is 0 Å². The van der Waals surface area contributed by atoms with Gasteiger partial charge in [0, 0.05) is 30.9 Å². The van der Waals surface area contributed by atoms with Crippen LogP contribution in [0.25, 0.3) is 11.1 Å². The van der Waals surface area contributed by atoms with Gasteiger partial charge in [-0.1, -0.05) is 12.1 Å². The minimum atomic E-state index is -0.907. The van der Waals surface area contributed by atoms with E-state index in [2.05, 4.69) is 15.2 Å². The number of fused-ring (bicyclic) bond motifs is 1. The number of rotatable bonds is 7. The molecule has 0 radical (unpaired) electrons. The minimum Gasteiger partial charge on any atom is -0.453 e. The minimum absolute atomic E-state index is 0.0820. The van der Waals surface area contributed by atoms with Gasteiger partial charge in [0.25, 0.3) is 5.91 Å². The quantitative estimate of drug-likeness (QED) is 0.584. The molecule has 1 aliphatic rings. The van der Waals surface area contributed by atoms with E-state index in [1.807, 2.05) is 48.5 Å². The Morgan fingerprint density at radius 2 is 1.87 bits per heavy atom. The number of carbonyl (C=O) groups is 2. The smallest absolute Gasteiger partial charge is 0.307 e. The van der Waals surface area contributed by atoms with Crippen LogP contribution in [0.5, 0.6) is 0 Å². The summed E-state index contributed by atoms with van der Waals surface area (Å²) in [5, 5.41) is 2.78. The summed E-state index contributed by atoms with van der Waals surface area (Å²) in [5.74, 6) is -0.391. The molecule has 8 heteroatoms. The zero-order valence-corrected chi connectivity index (χ0v) is 17.4. The topological polar surface area (TPSA) is 93.9 Å². The summed E-state index contributed by atoms with van der Waals surface area (Å²) in [4.78, 5) is 31.1. The Balaban J connectivity index is 1.24. The summed E-state index contributed by atoms with van der Waals surface area (Å²) in [5.41, 5.74) is 3.16. The Labute approximate surface area is 180 Å². The monoisotopic (exact) mass is 423 g/mol. The fourth-order valence-corrected chi connectivity index (χ4v) is 3.37. The summed E-state index contributed by atoms with van der Waals surface area (Å²) in [6.45, 7) is 4.68. The molecule has 1 aromatic heterocycles. The van der Waals surface area contributed by atoms with Crippen LogP contribution in [0.2, 0.25) is 0 Å². The van der Waals surface area contributed by atoms with E-state index in [-0.39, 0.29) is 12.3 Å². The molecule has 1 fully saturated rings. The van der Waals surface area contributed by atoms with Crippen molar-refractivity contribution in [1.29, 1.82) is 0 Å². The number of oxazole rings is 1. The van der Waals surface area contributed by atoms with Crippen LogP contribution in [-0.2, 0) is 25.5 Å². The van der Waals surface area contributed by atoms with Crippen molar-refractivity contribution in [3.63, 3.8) is 0 Å². The number of amides is 1. The molecule has 1 aliphatic heterocycles. The molecule has 4 rings (SSSR count). The molecule has 1 amide bonds. The predicted octanol–water partition coefficient (Wildman–Crippen LogP) is 3.17. The molecule has 1 N–H and O–H groups in total. The van der Waals surface area contributed by atoms with Crippen molar-refractivity contribution in [3.8, 4) is 0 Å². The maximum atomic E-state index is 12.4. The third kappa shape index (κ3) is 5.40.